The summed E-state index contributed by atoms with van der Waals surface area (Å²) in [5.41, 5.74) is 4.72. The second-order valence-electron chi connectivity index (χ2n) is 8.09. The first-order valence-corrected chi connectivity index (χ1v) is 9.52. The van der Waals surface area contributed by atoms with Crippen molar-refractivity contribution < 1.29 is 9.53 Å². The molecule has 1 aromatic carbocycles. The molecule has 0 aliphatic heterocycles. The Balaban J connectivity index is 2.16. The minimum absolute atomic E-state index is 0.312. The van der Waals surface area contributed by atoms with Crippen molar-refractivity contribution in [1.29, 1.82) is 10.5 Å². The SMILES string of the molecule is Cc1c(C(=O)OC(C)(C)C)c(-c2ccc(C#N)cc2)c(C)n1Cc1cc(C#N)n[nH]1. The quantitative estimate of drug-likeness (QED) is 0.658. The van der Waals surface area contributed by atoms with Crippen LogP contribution in [0.2, 0.25) is 0 Å². The highest BCUT2D eigenvalue weighted by molar-refractivity contribution is 6.00. The normalized spacial score (nSPS) is 11.0. The number of hydrogen-bond donors (Lipinski definition) is 1. The third-order valence-electron chi connectivity index (χ3n) is 4.76. The van der Waals surface area contributed by atoms with Crippen molar-refractivity contribution >= 4 is 5.97 Å². The van der Waals surface area contributed by atoms with Crippen LogP contribution in [0.3, 0.4) is 0 Å². The number of aromatic amines is 1. The Bertz CT molecular complexity index is 1180. The first-order valence-electron chi connectivity index (χ1n) is 9.52. The van der Waals surface area contributed by atoms with Gasteiger partial charge in [-0.3, -0.25) is 5.10 Å². The summed E-state index contributed by atoms with van der Waals surface area (Å²) < 4.78 is 7.69. The zero-order valence-electron chi connectivity index (χ0n) is 17.7. The maximum Gasteiger partial charge on any atom is 0.341 e. The van der Waals surface area contributed by atoms with Crippen molar-refractivity contribution in [2.45, 2.75) is 46.8 Å². The van der Waals surface area contributed by atoms with E-state index in [-0.39, 0.29) is 0 Å². The van der Waals surface area contributed by atoms with Crippen LogP contribution in [0.25, 0.3) is 11.1 Å². The molecular weight excluding hydrogens is 378 g/mol. The van der Waals surface area contributed by atoms with E-state index in [0.717, 1.165) is 28.2 Å². The summed E-state index contributed by atoms with van der Waals surface area (Å²) in [6.07, 6.45) is 0. The van der Waals surface area contributed by atoms with Crippen LogP contribution in [0.1, 0.15) is 59.5 Å². The third kappa shape index (κ3) is 4.11. The summed E-state index contributed by atoms with van der Waals surface area (Å²) in [4.78, 5) is 13.1. The number of aromatic nitrogens is 3. The van der Waals surface area contributed by atoms with Gasteiger partial charge in [0.15, 0.2) is 5.69 Å². The molecule has 0 bridgehead atoms. The number of benzene rings is 1. The lowest BCUT2D eigenvalue weighted by Gasteiger charge is -2.20. The van der Waals surface area contributed by atoms with Crippen LogP contribution in [0.15, 0.2) is 30.3 Å². The molecule has 0 radical (unpaired) electrons. The number of rotatable bonds is 4. The van der Waals surface area contributed by atoms with Crippen molar-refractivity contribution in [2.24, 2.45) is 0 Å². The lowest BCUT2D eigenvalue weighted by molar-refractivity contribution is 0.00695. The van der Waals surface area contributed by atoms with Gasteiger partial charge in [-0.25, -0.2) is 4.79 Å². The average molecular weight is 401 g/mol. The molecule has 2 heterocycles. The predicted octanol–water partition coefficient (Wildman–Crippen LogP) is 4.24. The molecule has 0 aliphatic rings. The van der Waals surface area contributed by atoms with E-state index >= 15 is 0 Å². The molecule has 30 heavy (non-hydrogen) atoms. The van der Waals surface area contributed by atoms with Crippen molar-refractivity contribution in [3.05, 3.63) is 64.2 Å². The van der Waals surface area contributed by atoms with Crippen LogP contribution >= 0.6 is 0 Å². The average Bonchev–Trinajstić information content (AvgIpc) is 3.24. The van der Waals surface area contributed by atoms with Gasteiger partial charge in [-0.05, 0) is 58.4 Å². The van der Waals surface area contributed by atoms with Crippen LogP contribution < -0.4 is 0 Å². The molecule has 3 aromatic rings. The molecule has 0 fully saturated rings. The van der Waals surface area contributed by atoms with Crippen LogP contribution in [0.4, 0.5) is 0 Å². The number of carbonyl (C=O) groups is 1. The van der Waals surface area contributed by atoms with Crippen molar-refractivity contribution in [3.63, 3.8) is 0 Å². The number of hydrogen-bond acceptors (Lipinski definition) is 5. The number of nitriles is 2. The standard InChI is InChI=1S/C23H23N5O2/c1-14-20(17-8-6-16(11-24)7-9-17)21(22(29)30-23(3,4)5)15(2)28(14)13-19-10-18(12-25)26-27-19/h6-10H,13H2,1-5H3,(H,26,27). The lowest BCUT2D eigenvalue weighted by Crippen LogP contribution is -2.24. The molecule has 0 saturated carbocycles. The van der Waals surface area contributed by atoms with Crippen LogP contribution in [0, 0.1) is 36.5 Å². The molecule has 7 heteroatoms. The molecule has 3 rings (SSSR count). The molecule has 0 amide bonds. The zero-order valence-corrected chi connectivity index (χ0v) is 17.7. The third-order valence-corrected chi connectivity index (χ3v) is 4.76. The minimum atomic E-state index is -0.632. The number of esters is 1. The maximum absolute atomic E-state index is 13.1. The van der Waals surface area contributed by atoms with Crippen molar-refractivity contribution in [2.75, 3.05) is 0 Å². The fraction of sp³-hybridized carbons (Fsp3) is 0.304. The van der Waals surface area contributed by atoms with Gasteiger partial charge in [-0.15, -0.1) is 0 Å². The highest BCUT2D eigenvalue weighted by Crippen LogP contribution is 2.34. The zero-order chi connectivity index (χ0) is 22.1. The monoisotopic (exact) mass is 401 g/mol. The number of nitrogens with zero attached hydrogens (tertiary/aromatic N) is 4. The Hall–Kier alpha value is -3.84. The topological polar surface area (TPSA) is 107 Å². The Kier molecular flexibility index (Phi) is 5.49. The Morgan fingerprint density at radius 3 is 2.33 bits per heavy atom. The van der Waals surface area contributed by atoms with Crippen LogP contribution in [-0.4, -0.2) is 26.3 Å². The van der Waals surface area contributed by atoms with E-state index in [2.05, 4.69) is 16.3 Å². The molecule has 0 unspecified atom stereocenters. The Morgan fingerprint density at radius 2 is 1.80 bits per heavy atom. The second kappa shape index (κ2) is 7.88. The molecular formula is C23H23N5O2. The van der Waals surface area contributed by atoms with Crippen LogP contribution in [0.5, 0.6) is 0 Å². The smallest absolute Gasteiger partial charge is 0.341 e. The molecule has 7 nitrogen and oxygen atoms in total. The largest absolute Gasteiger partial charge is 0.456 e. The van der Waals surface area contributed by atoms with Gasteiger partial charge in [0.05, 0.1) is 29.4 Å². The molecule has 1 N–H and O–H groups in total. The minimum Gasteiger partial charge on any atom is -0.456 e. The summed E-state index contributed by atoms with van der Waals surface area (Å²) >= 11 is 0. The highest BCUT2D eigenvalue weighted by atomic mass is 16.6. The van der Waals surface area contributed by atoms with E-state index in [1.807, 2.05) is 57.4 Å². The van der Waals surface area contributed by atoms with E-state index < -0.39 is 11.6 Å². The van der Waals surface area contributed by atoms with Gasteiger partial charge >= 0.3 is 5.97 Å². The number of H-pyrrole nitrogens is 1. The van der Waals surface area contributed by atoms with Gasteiger partial charge in [0, 0.05) is 17.0 Å². The number of carbonyl (C=O) groups excluding carboxylic acids is 1. The second-order valence-corrected chi connectivity index (χ2v) is 8.09. The van der Waals surface area contributed by atoms with E-state index in [1.54, 1.807) is 18.2 Å². The fourth-order valence-electron chi connectivity index (χ4n) is 3.43. The van der Waals surface area contributed by atoms with Gasteiger partial charge in [0.2, 0.25) is 0 Å². The molecule has 0 spiro atoms. The molecule has 0 aliphatic carbocycles. The molecule has 0 saturated heterocycles. The number of nitrogens with one attached hydrogen (secondary N) is 1. The summed E-state index contributed by atoms with van der Waals surface area (Å²) in [5, 5.41) is 24.9. The van der Waals surface area contributed by atoms with E-state index in [4.69, 9.17) is 15.3 Å². The summed E-state index contributed by atoms with van der Waals surface area (Å²) in [6, 6.07) is 12.9. The lowest BCUT2D eigenvalue weighted by atomic mass is 9.99. The Morgan fingerprint density at radius 1 is 1.13 bits per heavy atom. The first-order chi connectivity index (χ1) is 14.1. The molecule has 0 atom stereocenters. The maximum atomic E-state index is 13.1. The molecule has 2 aromatic heterocycles. The summed E-state index contributed by atoms with van der Waals surface area (Å²) in [5.74, 6) is -0.400. The van der Waals surface area contributed by atoms with Gasteiger partial charge < -0.3 is 9.30 Å². The van der Waals surface area contributed by atoms with Crippen molar-refractivity contribution in [3.8, 4) is 23.3 Å². The van der Waals surface area contributed by atoms with E-state index in [9.17, 15) is 4.79 Å². The van der Waals surface area contributed by atoms with Crippen molar-refractivity contribution in [1.82, 2.24) is 14.8 Å². The predicted molar refractivity (Wildman–Crippen MR) is 112 cm³/mol. The first kappa shape index (κ1) is 20.9. The summed E-state index contributed by atoms with van der Waals surface area (Å²) in [7, 11) is 0. The van der Waals surface area contributed by atoms with Gasteiger partial charge in [-0.1, -0.05) is 12.1 Å². The summed E-state index contributed by atoms with van der Waals surface area (Å²) in [6.45, 7) is 9.74. The molecule has 152 valence electrons. The highest BCUT2D eigenvalue weighted by Gasteiger charge is 2.28. The van der Waals surface area contributed by atoms with E-state index in [1.165, 1.54) is 0 Å². The Labute approximate surface area is 175 Å². The van der Waals surface area contributed by atoms with Crippen LogP contribution in [-0.2, 0) is 11.3 Å². The van der Waals surface area contributed by atoms with Gasteiger partial charge in [-0.2, -0.15) is 15.6 Å². The van der Waals surface area contributed by atoms with Gasteiger partial charge in [0.1, 0.15) is 11.7 Å². The fourth-order valence-corrected chi connectivity index (χ4v) is 3.43. The number of ether oxygens (including phenoxy) is 1. The van der Waals surface area contributed by atoms with E-state index in [0.29, 0.717) is 23.4 Å². The van der Waals surface area contributed by atoms with Gasteiger partial charge in [0.25, 0.3) is 0 Å².